The van der Waals surface area contributed by atoms with Gasteiger partial charge in [0.15, 0.2) is 5.13 Å². The molecule has 78 valence electrons. The van der Waals surface area contributed by atoms with Crippen molar-refractivity contribution in [3.63, 3.8) is 0 Å². The molecule has 1 rings (SSSR count). The minimum Gasteiger partial charge on any atom is -0.375 e. The van der Waals surface area contributed by atoms with Gasteiger partial charge in [0.1, 0.15) is 12.8 Å². The zero-order valence-corrected chi connectivity index (χ0v) is 9.76. The second-order valence-corrected chi connectivity index (χ2v) is 4.81. The van der Waals surface area contributed by atoms with Crippen molar-refractivity contribution in [1.82, 2.24) is 4.98 Å². The van der Waals surface area contributed by atoms with Crippen LogP contribution in [0.2, 0.25) is 0 Å². The second-order valence-electron chi connectivity index (χ2n) is 3.92. The highest BCUT2D eigenvalue weighted by Gasteiger charge is 2.26. The predicted molar refractivity (Wildman–Crippen MR) is 58.7 cm³/mol. The van der Waals surface area contributed by atoms with E-state index in [1.54, 1.807) is 11.8 Å². The van der Waals surface area contributed by atoms with Crippen molar-refractivity contribution < 1.29 is 9.58 Å². The fraction of sp³-hybridized carbons (Fsp3) is 0.556. The molecule has 0 aliphatic rings. The van der Waals surface area contributed by atoms with E-state index in [4.69, 9.17) is 10.6 Å². The van der Waals surface area contributed by atoms with E-state index in [1.165, 1.54) is 11.3 Å². The van der Waals surface area contributed by atoms with Gasteiger partial charge in [-0.1, -0.05) is 0 Å². The Hall–Kier alpha value is -1.10. The van der Waals surface area contributed by atoms with Crippen LogP contribution in [0.25, 0.3) is 0 Å². The number of aromatic nitrogens is 1. The Morgan fingerprint density at radius 2 is 2.21 bits per heavy atom. The van der Waals surface area contributed by atoms with Crippen molar-refractivity contribution in [3.05, 3.63) is 11.1 Å². The Morgan fingerprint density at radius 3 is 2.57 bits per heavy atom. The first kappa shape index (κ1) is 11.0. The summed E-state index contributed by atoms with van der Waals surface area (Å²) in [4.78, 5) is 9.36. The van der Waals surface area contributed by atoms with Gasteiger partial charge in [0.25, 0.3) is 0 Å². The van der Waals surface area contributed by atoms with Gasteiger partial charge in [-0.3, -0.25) is 4.84 Å². The van der Waals surface area contributed by atoms with E-state index >= 15 is 0 Å². The number of hydrogen-bond acceptors (Lipinski definition) is 4. The molecule has 0 atom stereocenters. The van der Waals surface area contributed by atoms with Crippen LogP contribution in [-0.2, 0) is 4.84 Å². The van der Waals surface area contributed by atoms with Gasteiger partial charge in [0, 0.05) is 26.2 Å². The molecule has 0 spiro atoms. The summed E-state index contributed by atoms with van der Waals surface area (Å²) in [7, 11) is 1.64. The number of thiazole rings is 1. The largest absolute Gasteiger partial charge is 0.375 e. The molecule has 0 fully saturated rings. The topological polar surface area (TPSA) is 51.1 Å². The third-order valence-electron chi connectivity index (χ3n) is 1.65. The summed E-state index contributed by atoms with van der Waals surface area (Å²) in [6.45, 7) is 6.17. The molecule has 0 aromatic carbocycles. The van der Waals surface area contributed by atoms with Gasteiger partial charge in [0.05, 0.1) is 0 Å². The second kappa shape index (κ2) is 3.96. The van der Waals surface area contributed by atoms with E-state index in [0.717, 1.165) is 5.69 Å². The van der Waals surface area contributed by atoms with Crippen LogP contribution in [0.1, 0.15) is 26.5 Å². The van der Waals surface area contributed by atoms with Crippen molar-refractivity contribution in [2.45, 2.75) is 26.3 Å². The Bertz CT molecular complexity index is 338. The molecule has 1 aromatic rings. The summed E-state index contributed by atoms with van der Waals surface area (Å²) in [5.41, 5.74) is 6.27. The summed E-state index contributed by atoms with van der Waals surface area (Å²) in [6, 6.07) is 0. The minimum atomic E-state index is -0.0902. The van der Waals surface area contributed by atoms with Gasteiger partial charge in [-0.2, -0.15) is 0 Å². The number of hydroxylamine groups is 1. The molecule has 0 radical (unpaired) electrons. The molecule has 5 heteroatoms. The van der Waals surface area contributed by atoms with Crippen LogP contribution in [0.4, 0.5) is 5.13 Å². The van der Waals surface area contributed by atoms with E-state index in [9.17, 15) is 0 Å². The molecule has 0 unspecified atom stereocenters. The maximum atomic E-state index is 5.53. The van der Waals surface area contributed by atoms with E-state index in [0.29, 0.717) is 5.13 Å². The maximum Gasteiger partial charge on any atom is 0.242 e. The molecule has 0 saturated heterocycles. The molecule has 0 aliphatic heterocycles. The Morgan fingerprint density at radius 1 is 1.57 bits per heavy atom. The van der Waals surface area contributed by atoms with Crippen LogP contribution in [0, 0.1) is 0 Å². The van der Waals surface area contributed by atoms with Crippen LogP contribution in [-0.4, -0.2) is 28.6 Å². The van der Waals surface area contributed by atoms with Gasteiger partial charge in [-0.15, -0.1) is 11.3 Å². The quantitative estimate of drug-likeness (QED) is 0.461. The summed E-state index contributed by atoms with van der Waals surface area (Å²) < 4.78 is 1.75. The number of hydrogen-bond donors (Lipinski definition) is 1. The van der Waals surface area contributed by atoms with Crippen molar-refractivity contribution in [2.75, 3.05) is 12.8 Å². The van der Waals surface area contributed by atoms with Crippen LogP contribution >= 0.6 is 11.3 Å². The van der Waals surface area contributed by atoms with Crippen molar-refractivity contribution in [1.29, 1.82) is 0 Å². The Labute approximate surface area is 88.0 Å². The van der Waals surface area contributed by atoms with E-state index < -0.39 is 0 Å². The lowest BCUT2D eigenvalue weighted by molar-refractivity contribution is -0.821. The summed E-state index contributed by atoms with van der Waals surface area (Å²) in [5.74, 6) is 0. The molecule has 14 heavy (non-hydrogen) atoms. The number of nitrogens with two attached hydrogens (primary N) is 1. The molecule has 1 heterocycles. The molecule has 0 amide bonds. The van der Waals surface area contributed by atoms with Crippen LogP contribution in [0.15, 0.2) is 5.38 Å². The molecule has 4 nitrogen and oxygen atoms in total. The van der Waals surface area contributed by atoms with Crippen molar-refractivity contribution in [3.8, 4) is 0 Å². The lowest BCUT2D eigenvalue weighted by Gasteiger charge is -2.12. The Kier molecular flexibility index (Phi) is 3.10. The lowest BCUT2D eigenvalue weighted by atomic mass is 10.1. The Balaban J connectivity index is 2.95. The lowest BCUT2D eigenvalue weighted by Crippen LogP contribution is -2.33. The van der Waals surface area contributed by atoms with E-state index in [-0.39, 0.29) is 5.54 Å². The molecular formula is C9H16N3OS+. The highest BCUT2D eigenvalue weighted by molar-refractivity contribution is 7.13. The summed E-state index contributed by atoms with van der Waals surface area (Å²) in [5, 5.41) is 2.47. The summed E-state index contributed by atoms with van der Waals surface area (Å²) in [6.07, 6.45) is 1.84. The van der Waals surface area contributed by atoms with Gasteiger partial charge >= 0.3 is 0 Å². The first-order valence-electron chi connectivity index (χ1n) is 4.33. The SMILES string of the molecule is CO/[N+](=C\c1csc(N)n1)C(C)(C)C. The van der Waals surface area contributed by atoms with Crippen molar-refractivity contribution >= 4 is 22.7 Å². The fourth-order valence-corrected chi connectivity index (χ4v) is 1.51. The summed E-state index contributed by atoms with van der Waals surface area (Å²) >= 11 is 1.42. The van der Waals surface area contributed by atoms with Crippen molar-refractivity contribution in [2.24, 2.45) is 0 Å². The van der Waals surface area contributed by atoms with Gasteiger partial charge < -0.3 is 5.73 Å². The standard InChI is InChI=1S/C9H16N3OS/c1-9(2,3)12(13-4)5-7-6-14-8(10)11-7/h5-6H,1-4H3,(H2,10,11)/q+1/b12-5-. The molecule has 1 aromatic heterocycles. The smallest absolute Gasteiger partial charge is 0.242 e. The molecule has 0 saturated carbocycles. The van der Waals surface area contributed by atoms with E-state index in [2.05, 4.69) is 25.8 Å². The molecule has 0 aliphatic carbocycles. The average Bonchev–Trinajstić information content (AvgIpc) is 2.45. The predicted octanol–water partition coefficient (Wildman–Crippen LogP) is 1.52. The number of anilines is 1. The first-order chi connectivity index (χ1) is 6.43. The van der Waals surface area contributed by atoms with Gasteiger partial charge in [-0.25, -0.2) is 4.98 Å². The zero-order valence-electron chi connectivity index (χ0n) is 8.94. The van der Waals surface area contributed by atoms with Gasteiger partial charge in [-0.05, 0) is 4.74 Å². The van der Waals surface area contributed by atoms with Crippen LogP contribution < -0.4 is 5.73 Å². The number of nitrogen functional groups attached to an aromatic ring is 1. The first-order valence-corrected chi connectivity index (χ1v) is 5.21. The highest BCUT2D eigenvalue weighted by atomic mass is 32.1. The highest BCUT2D eigenvalue weighted by Crippen LogP contribution is 2.11. The number of rotatable bonds is 2. The third kappa shape index (κ3) is 2.70. The zero-order chi connectivity index (χ0) is 10.8. The third-order valence-corrected chi connectivity index (χ3v) is 2.34. The average molecular weight is 214 g/mol. The monoisotopic (exact) mass is 214 g/mol. The maximum absolute atomic E-state index is 5.53. The fourth-order valence-electron chi connectivity index (χ4n) is 1.00. The molecule has 0 bridgehead atoms. The minimum absolute atomic E-state index is 0.0902. The number of nitrogens with zero attached hydrogens (tertiary/aromatic N) is 2. The molecular weight excluding hydrogens is 198 g/mol. The van der Waals surface area contributed by atoms with Crippen LogP contribution in [0.5, 0.6) is 0 Å². The van der Waals surface area contributed by atoms with Gasteiger partial charge in [0.2, 0.25) is 11.8 Å². The van der Waals surface area contributed by atoms with Crippen LogP contribution in [0.3, 0.4) is 0 Å². The van der Waals surface area contributed by atoms with E-state index in [1.807, 2.05) is 11.6 Å². The molecule has 2 N–H and O–H groups in total. The normalized spacial score (nSPS) is 13.0.